The maximum atomic E-state index is 4.66. The van der Waals surface area contributed by atoms with Crippen LogP contribution in [0.1, 0.15) is 29.2 Å². The second-order valence-corrected chi connectivity index (χ2v) is 7.16. The number of nitrogens with one attached hydrogen (secondary N) is 1. The number of anilines is 1. The van der Waals surface area contributed by atoms with E-state index in [4.69, 9.17) is 0 Å². The van der Waals surface area contributed by atoms with Crippen LogP contribution < -0.4 is 4.90 Å². The lowest BCUT2D eigenvalue weighted by molar-refractivity contribution is 0.194. The van der Waals surface area contributed by atoms with Gasteiger partial charge in [-0.15, -0.1) is 15.3 Å². The average molecular weight is 338 g/mol. The molecular formula is C17H22N8. The predicted molar refractivity (Wildman–Crippen MR) is 93.6 cm³/mol. The van der Waals surface area contributed by atoms with E-state index in [2.05, 4.69) is 42.3 Å². The molecule has 2 aliphatic rings. The lowest BCUT2D eigenvalue weighted by Gasteiger charge is -2.44. The Bertz CT molecular complexity index is 920. The number of likely N-dealkylation sites (N-methyl/N-ethyl adjacent to an activating group) is 1. The molecule has 0 saturated carbocycles. The van der Waals surface area contributed by atoms with Gasteiger partial charge in [0.1, 0.15) is 5.82 Å². The Balaban J connectivity index is 1.25. The molecule has 5 rings (SSSR count). The minimum absolute atomic E-state index is 0.535. The Kier molecular flexibility index (Phi) is 3.27. The first kappa shape index (κ1) is 14.8. The van der Waals surface area contributed by atoms with Crippen LogP contribution in [0.2, 0.25) is 0 Å². The van der Waals surface area contributed by atoms with Crippen LogP contribution in [0, 0.1) is 6.92 Å². The van der Waals surface area contributed by atoms with Crippen molar-refractivity contribution >= 4 is 11.5 Å². The van der Waals surface area contributed by atoms with Gasteiger partial charge in [0.05, 0.1) is 5.69 Å². The van der Waals surface area contributed by atoms with Crippen LogP contribution in [0.4, 0.5) is 5.82 Å². The van der Waals surface area contributed by atoms with Crippen molar-refractivity contribution in [2.75, 3.05) is 25.0 Å². The molecule has 1 aliphatic heterocycles. The summed E-state index contributed by atoms with van der Waals surface area (Å²) in [5.74, 6) is 1.80. The van der Waals surface area contributed by atoms with Gasteiger partial charge in [0, 0.05) is 31.4 Å². The molecule has 130 valence electrons. The SMILES string of the molecule is Cc1nnc2ccc(N3CC(N(C)Cc4n[nH]c5c4CCC5)C3)nn12. The van der Waals surface area contributed by atoms with E-state index in [9.17, 15) is 0 Å². The molecule has 0 bridgehead atoms. The minimum atomic E-state index is 0.535. The molecule has 4 heterocycles. The molecule has 1 fully saturated rings. The third kappa shape index (κ3) is 2.39. The Morgan fingerprint density at radius 2 is 2.12 bits per heavy atom. The Morgan fingerprint density at radius 1 is 1.24 bits per heavy atom. The van der Waals surface area contributed by atoms with Gasteiger partial charge in [-0.25, -0.2) is 0 Å². The third-order valence-electron chi connectivity index (χ3n) is 5.51. The van der Waals surface area contributed by atoms with E-state index in [1.807, 2.05) is 19.1 Å². The van der Waals surface area contributed by atoms with Gasteiger partial charge in [0.15, 0.2) is 11.5 Å². The quantitative estimate of drug-likeness (QED) is 0.764. The molecule has 1 aliphatic carbocycles. The van der Waals surface area contributed by atoms with Crippen LogP contribution in [0.15, 0.2) is 12.1 Å². The monoisotopic (exact) mass is 338 g/mol. The zero-order chi connectivity index (χ0) is 17.0. The molecular weight excluding hydrogens is 316 g/mol. The van der Waals surface area contributed by atoms with Crippen molar-refractivity contribution in [2.24, 2.45) is 0 Å². The number of rotatable bonds is 4. The molecule has 1 saturated heterocycles. The van der Waals surface area contributed by atoms with E-state index < -0.39 is 0 Å². The maximum Gasteiger partial charge on any atom is 0.178 e. The van der Waals surface area contributed by atoms with Crippen LogP contribution in [0.3, 0.4) is 0 Å². The molecule has 25 heavy (non-hydrogen) atoms. The molecule has 0 radical (unpaired) electrons. The molecule has 8 heteroatoms. The average Bonchev–Trinajstić information content (AvgIpc) is 3.25. The van der Waals surface area contributed by atoms with Gasteiger partial charge in [-0.05, 0) is 50.9 Å². The molecule has 3 aromatic heterocycles. The number of aryl methyl sites for hydroxylation is 2. The number of aromatic amines is 1. The third-order valence-corrected chi connectivity index (χ3v) is 5.51. The molecule has 8 nitrogen and oxygen atoms in total. The fourth-order valence-corrected chi connectivity index (χ4v) is 3.86. The number of aromatic nitrogens is 6. The molecule has 0 spiro atoms. The molecule has 0 atom stereocenters. The minimum Gasteiger partial charge on any atom is -0.352 e. The summed E-state index contributed by atoms with van der Waals surface area (Å²) in [6, 6.07) is 4.54. The first-order valence-corrected chi connectivity index (χ1v) is 8.88. The molecule has 0 aromatic carbocycles. The van der Waals surface area contributed by atoms with Gasteiger partial charge in [0.2, 0.25) is 0 Å². The summed E-state index contributed by atoms with van der Waals surface area (Å²) in [5.41, 5.74) is 4.83. The first-order chi connectivity index (χ1) is 12.2. The van der Waals surface area contributed by atoms with Gasteiger partial charge >= 0.3 is 0 Å². The Morgan fingerprint density at radius 3 is 3.00 bits per heavy atom. The highest BCUT2D eigenvalue weighted by Gasteiger charge is 2.32. The fourth-order valence-electron chi connectivity index (χ4n) is 3.86. The van der Waals surface area contributed by atoms with Crippen molar-refractivity contribution in [1.29, 1.82) is 0 Å². The van der Waals surface area contributed by atoms with E-state index in [-0.39, 0.29) is 0 Å². The van der Waals surface area contributed by atoms with Crippen molar-refractivity contribution in [3.63, 3.8) is 0 Å². The van der Waals surface area contributed by atoms with Gasteiger partial charge < -0.3 is 4.90 Å². The lowest BCUT2D eigenvalue weighted by Crippen LogP contribution is -2.58. The van der Waals surface area contributed by atoms with Gasteiger partial charge in [0.25, 0.3) is 0 Å². The van der Waals surface area contributed by atoms with E-state index in [0.29, 0.717) is 6.04 Å². The van der Waals surface area contributed by atoms with Crippen molar-refractivity contribution in [3.05, 3.63) is 34.9 Å². The molecule has 0 unspecified atom stereocenters. The lowest BCUT2D eigenvalue weighted by atomic mass is 10.1. The van der Waals surface area contributed by atoms with E-state index in [0.717, 1.165) is 43.3 Å². The maximum absolute atomic E-state index is 4.66. The smallest absolute Gasteiger partial charge is 0.178 e. The normalized spacial score (nSPS) is 17.5. The fraction of sp³-hybridized carbons (Fsp3) is 0.529. The summed E-state index contributed by atoms with van der Waals surface area (Å²) in [5, 5.41) is 20.5. The highest BCUT2D eigenvalue weighted by atomic mass is 15.4. The molecule has 1 N–H and O–H groups in total. The Labute approximate surface area is 145 Å². The summed E-state index contributed by atoms with van der Waals surface area (Å²) in [4.78, 5) is 4.71. The van der Waals surface area contributed by atoms with Crippen LogP contribution in [-0.4, -0.2) is 61.1 Å². The zero-order valence-corrected chi connectivity index (χ0v) is 14.6. The summed E-state index contributed by atoms with van der Waals surface area (Å²) < 4.78 is 1.80. The summed E-state index contributed by atoms with van der Waals surface area (Å²) in [6.45, 7) is 4.82. The summed E-state index contributed by atoms with van der Waals surface area (Å²) >= 11 is 0. The van der Waals surface area contributed by atoms with Crippen molar-refractivity contribution in [3.8, 4) is 0 Å². The topological polar surface area (TPSA) is 78.2 Å². The van der Waals surface area contributed by atoms with Crippen LogP contribution >= 0.6 is 0 Å². The van der Waals surface area contributed by atoms with Crippen LogP contribution in [0.5, 0.6) is 0 Å². The van der Waals surface area contributed by atoms with Gasteiger partial charge in [-0.2, -0.15) is 9.61 Å². The van der Waals surface area contributed by atoms with E-state index in [1.54, 1.807) is 4.52 Å². The van der Waals surface area contributed by atoms with Crippen molar-refractivity contribution < 1.29 is 0 Å². The van der Waals surface area contributed by atoms with Crippen LogP contribution in [0.25, 0.3) is 5.65 Å². The molecule has 3 aromatic rings. The number of hydrogen-bond donors (Lipinski definition) is 1. The zero-order valence-electron chi connectivity index (χ0n) is 14.6. The van der Waals surface area contributed by atoms with Crippen molar-refractivity contribution in [1.82, 2.24) is 34.9 Å². The van der Waals surface area contributed by atoms with Gasteiger partial charge in [-0.3, -0.25) is 10.00 Å². The highest BCUT2D eigenvalue weighted by molar-refractivity contribution is 5.47. The molecule has 0 amide bonds. The number of fused-ring (bicyclic) bond motifs is 2. The number of H-pyrrole nitrogens is 1. The second kappa shape index (κ2) is 5.52. The van der Waals surface area contributed by atoms with E-state index >= 15 is 0 Å². The second-order valence-electron chi connectivity index (χ2n) is 7.16. The van der Waals surface area contributed by atoms with Crippen molar-refractivity contribution in [2.45, 2.75) is 38.8 Å². The standard InChI is InChI=1S/C17H22N8/c1-11-18-21-16-6-7-17(22-25(11)16)24-8-12(9-24)23(2)10-15-13-4-3-5-14(13)19-20-15/h6-7,12H,3-5,8-10H2,1-2H3,(H,19,20). The first-order valence-electron chi connectivity index (χ1n) is 8.88. The van der Waals surface area contributed by atoms with Gasteiger partial charge in [-0.1, -0.05) is 0 Å². The predicted octanol–water partition coefficient (Wildman–Crippen LogP) is 0.965. The summed E-state index contributed by atoms with van der Waals surface area (Å²) in [7, 11) is 2.19. The van der Waals surface area contributed by atoms with Crippen LogP contribution in [-0.2, 0) is 19.4 Å². The number of hydrogen-bond acceptors (Lipinski definition) is 6. The number of nitrogens with zero attached hydrogens (tertiary/aromatic N) is 7. The largest absolute Gasteiger partial charge is 0.352 e. The Hall–Kier alpha value is -2.48. The highest BCUT2D eigenvalue weighted by Crippen LogP contribution is 2.26. The summed E-state index contributed by atoms with van der Waals surface area (Å²) in [6.07, 6.45) is 3.59. The van der Waals surface area contributed by atoms with E-state index in [1.165, 1.54) is 29.8 Å².